The van der Waals surface area contributed by atoms with Gasteiger partial charge >= 0.3 is 0 Å². The van der Waals surface area contributed by atoms with Gasteiger partial charge in [-0.15, -0.1) is 0 Å². The highest BCUT2D eigenvalue weighted by Gasteiger charge is 2.42. The summed E-state index contributed by atoms with van der Waals surface area (Å²) in [7, 11) is 1.84. The Morgan fingerprint density at radius 2 is 1.59 bits per heavy atom. The molecule has 0 radical (unpaired) electrons. The van der Waals surface area contributed by atoms with Crippen molar-refractivity contribution in [1.29, 1.82) is 0 Å². The minimum Gasteiger partial charge on any atom is -0.338 e. The Balaban J connectivity index is 1.34. The largest absolute Gasteiger partial charge is 0.338 e. The zero-order chi connectivity index (χ0) is 23.1. The molecule has 4 aromatic rings. The first-order valence-corrected chi connectivity index (χ1v) is 12.1. The maximum absolute atomic E-state index is 12.9. The van der Waals surface area contributed by atoms with Crippen molar-refractivity contribution in [2.45, 2.75) is 31.2 Å². The summed E-state index contributed by atoms with van der Waals surface area (Å²) in [5.74, 6) is 1.84. The number of rotatable bonds is 4. The van der Waals surface area contributed by atoms with E-state index in [1.165, 1.54) is 29.5 Å². The maximum Gasteiger partial charge on any atom is 0.255 e. The van der Waals surface area contributed by atoms with E-state index in [2.05, 4.69) is 64.5 Å². The minimum absolute atomic E-state index is 0.0259. The predicted molar refractivity (Wildman–Crippen MR) is 136 cm³/mol. The highest BCUT2D eigenvalue weighted by Crippen LogP contribution is 2.45. The van der Waals surface area contributed by atoms with Crippen LogP contribution >= 0.6 is 0 Å². The van der Waals surface area contributed by atoms with Crippen molar-refractivity contribution in [3.63, 3.8) is 0 Å². The molecule has 7 rings (SSSR count). The van der Waals surface area contributed by atoms with Gasteiger partial charge in [0.15, 0.2) is 0 Å². The van der Waals surface area contributed by atoms with Gasteiger partial charge in [0.05, 0.1) is 5.69 Å². The third kappa shape index (κ3) is 3.71. The lowest BCUT2D eigenvalue weighted by Crippen LogP contribution is -2.54. The lowest BCUT2D eigenvalue weighted by molar-refractivity contribution is 0.215. The minimum atomic E-state index is -0.0259. The van der Waals surface area contributed by atoms with Crippen LogP contribution in [0.2, 0.25) is 0 Å². The van der Waals surface area contributed by atoms with E-state index in [1.54, 1.807) is 23.0 Å². The molecule has 1 saturated carbocycles. The Kier molecular flexibility index (Phi) is 5.25. The van der Waals surface area contributed by atoms with Crippen LogP contribution in [0.3, 0.4) is 0 Å². The number of piperidine rings is 2. The molecule has 2 bridgehead atoms. The Labute approximate surface area is 199 Å². The molecule has 2 saturated heterocycles. The van der Waals surface area contributed by atoms with Gasteiger partial charge in [0.2, 0.25) is 5.95 Å². The fourth-order valence-corrected chi connectivity index (χ4v) is 5.79. The van der Waals surface area contributed by atoms with E-state index in [1.807, 2.05) is 19.2 Å². The number of anilines is 1. The van der Waals surface area contributed by atoms with E-state index in [0.29, 0.717) is 23.6 Å². The molecule has 5 heteroatoms. The molecular weight excluding hydrogens is 420 g/mol. The molecule has 5 nitrogen and oxygen atoms in total. The SMILES string of the molecule is Cn1c(N2CC3CCC2C(c2ccc(-c4ccccc4)cc2)C3)nc(-c2ccncc2)cc1=O. The van der Waals surface area contributed by atoms with E-state index >= 15 is 0 Å². The first kappa shape index (κ1) is 20.8. The van der Waals surface area contributed by atoms with Crippen LogP contribution in [-0.4, -0.2) is 27.1 Å². The summed E-state index contributed by atoms with van der Waals surface area (Å²) in [6, 6.07) is 25.4. The van der Waals surface area contributed by atoms with Gasteiger partial charge in [0.1, 0.15) is 0 Å². The molecule has 3 fully saturated rings. The van der Waals surface area contributed by atoms with Crippen molar-refractivity contribution in [3.8, 4) is 22.4 Å². The molecule has 0 spiro atoms. The molecule has 34 heavy (non-hydrogen) atoms. The summed E-state index contributed by atoms with van der Waals surface area (Å²) < 4.78 is 1.71. The summed E-state index contributed by atoms with van der Waals surface area (Å²) in [6.45, 7) is 0.962. The fraction of sp³-hybridized carbons (Fsp3) is 0.276. The molecule has 2 aliphatic heterocycles. The van der Waals surface area contributed by atoms with Crippen LogP contribution in [-0.2, 0) is 7.05 Å². The Morgan fingerprint density at radius 3 is 2.32 bits per heavy atom. The van der Waals surface area contributed by atoms with E-state index in [4.69, 9.17) is 4.98 Å². The summed E-state index contributed by atoms with van der Waals surface area (Å²) in [5, 5.41) is 0. The number of nitrogens with zero attached hydrogens (tertiary/aromatic N) is 4. The van der Waals surface area contributed by atoms with Gasteiger partial charge in [-0.1, -0.05) is 54.6 Å². The quantitative estimate of drug-likeness (QED) is 0.426. The standard InChI is InChI=1S/C29H28N4O/c1-32-28(34)18-26(24-13-15-30-16-14-24)31-29(32)33-19-20-7-12-27(33)25(17-20)23-10-8-22(9-11-23)21-5-3-2-4-6-21/h2-6,8-11,13-16,18,20,25,27H,7,12,17,19H2,1H3. The van der Waals surface area contributed by atoms with E-state index in [-0.39, 0.29) is 5.56 Å². The van der Waals surface area contributed by atoms with Crippen molar-refractivity contribution in [1.82, 2.24) is 14.5 Å². The smallest absolute Gasteiger partial charge is 0.255 e. The van der Waals surface area contributed by atoms with Crippen LogP contribution in [0.4, 0.5) is 5.95 Å². The van der Waals surface area contributed by atoms with Crippen LogP contribution in [0.5, 0.6) is 0 Å². The molecule has 2 aromatic carbocycles. The molecule has 3 aliphatic rings. The molecular formula is C29H28N4O. The second-order valence-electron chi connectivity index (χ2n) is 9.57. The molecule has 1 aliphatic carbocycles. The van der Waals surface area contributed by atoms with Crippen LogP contribution in [0.1, 0.15) is 30.7 Å². The number of benzene rings is 2. The summed E-state index contributed by atoms with van der Waals surface area (Å²) in [4.78, 5) is 24.4. The monoisotopic (exact) mass is 448 g/mol. The number of aromatic nitrogens is 3. The Morgan fingerprint density at radius 1 is 0.853 bits per heavy atom. The highest BCUT2D eigenvalue weighted by atomic mass is 16.1. The molecule has 170 valence electrons. The third-order valence-electron chi connectivity index (χ3n) is 7.57. The van der Waals surface area contributed by atoms with Crippen LogP contribution < -0.4 is 10.5 Å². The molecule has 0 N–H and O–H groups in total. The van der Waals surface area contributed by atoms with Crippen molar-refractivity contribution < 1.29 is 0 Å². The second-order valence-corrected chi connectivity index (χ2v) is 9.57. The first-order chi connectivity index (χ1) is 16.7. The van der Waals surface area contributed by atoms with E-state index in [9.17, 15) is 4.79 Å². The molecule has 2 aromatic heterocycles. The summed E-state index contributed by atoms with van der Waals surface area (Å²) in [5.41, 5.74) is 5.48. The number of pyridine rings is 1. The van der Waals surface area contributed by atoms with Gasteiger partial charge in [-0.3, -0.25) is 14.3 Å². The first-order valence-electron chi connectivity index (χ1n) is 12.1. The average Bonchev–Trinajstić information content (AvgIpc) is 2.91. The van der Waals surface area contributed by atoms with Crippen molar-refractivity contribution in [2.75, 3.05) is 11.4 Å². The number of hydrogen-bond acceptors (Lipinski definition) is 4. The van der Waals surface area contributed by atoms with E-state index < -0.39 is 0 Å². The van der Waals surface area contributed by atoms with Gasteiger partial charge < -0.3 is 4.90 Å². The Bertz CT molecular complexity index is 1350. The van der Waals surface area contributed by atoms with Crippen molar-refractivity contribution >= 4 is 5.95 Å². The zero-order valence-electron chi connectivity index (χ0n) is 19.3. The van der Waals surface area contributed by atoms with Gasteiger partial charge in [0.25, 0.3) is 5.56 Å². The van der Waals surface area contributed by atoms with Crippen LogP contribution in [0, 0.1) is 5.92 Å². The fourth-order valence-electron chi connectivity index (χ4n) is 5.79. The lowest BCUT2D eigenvalue weighted by Gasteiger charge is -2.51. The van der Waals surface area contributed by atoms with Crippen molar-refractivity contribution in [2.24, 2.45) is 13.0 Å². The third-order valence-corrected chi connectivity index (χ3v) is 7.57. The van der Waals surface area contributed by atoms with Crippen molar-refractivity contribution in [3.05, 3.63) is 101 Å². The summed E-state index contributed by atoms with van der Waals surface area (Å²) >= 11 is 0. The normalized spacial score (nSPS) is 21.6. The van der Waals surface area contributed by atoms with Gasteiger partial charge in [-0.25, -0.2) is 4.98 Å². The summed E-state index contributed by atoms with van der Waals surface area (Å²) in [6.07, 6.45) is 7.06. The van der Waals surface area contributed by atoms with Crippen LogP contribution in [0.25, 0.3) is 22.4 Å². The maximum atomic E-state index is 12.9. The number of fused-ring (bicyclic) bond motifs is 3. The van der Waals surface area contributed by atoms with Gasteiger partial charge in [-0.2, -0.15) is 0 Å². The molecule has 0 amide bonds. The molecule has 3 unspecified atom stereocenters. The van der Waals surface area contributed by atoms with Gasteiger partial charge in [-0.05, 0) is 54.0 Å². The van der Waals surface area contributed by atoms with Crippen LogP contribution in [0.15, 0.2) is 90.0 Å². The van der Waals surface area contributed by atoms with E-state index in [0.717, 1.165) is 24.5 Å². The van der Waals surface area contributed by atoms with Gasteiger partial charge in [0, 0.05) is 49.6 Å². The molecule has 3 atom stereocenters. The zero-order valence-corrected chi connectivity index (χ0v) is 19.3. The number of hydrogen-bond donors (Lipinski definition) is 0. The highest BCUT2D eigenvalue weighted by molar-refractivity contribution is 5.64. The predicted octanol–water partition coefficient (Wildman–Crippen LogP) is 5.28. The Hall–Kier alpha value is -3.73. The second kappa shape index (κ2) is 8.56. The molecule has 4 heterocycles. The average molecular weight is 449 g/mol. The topological polar surface area (TPSA) is 51.0 Å². The lowest BCUT2D eigenvalue weighted by atomic mass is 9.70.